The Morgan fingerprint density at radius 2 is 2.06 bits per heavy atom. The predicted molar refractivity (Wildman–Crippen MR) is 63.2 cm³/mol. The monoisotopic (exact) mass is 256 g/mol. The van der Waals surface area contributed by atoms with Gasteiger partial charge < -0.3 is 10.6 Å². The predicted octanol–water partition coefficient (Wildman–Crippen LogP) is 1.59. The average molecular weight is 256 g/mol. The summed E-state index contributed by atoms with van der Waals surface area (Å²) in [5, 5.41) is 4.79. The number of nitrogens with one attached hydrogen (secondary N) is 2. The third-order valence-electron chi connectivity index (χ3n) is 1.72. The van der Waals surface area contributed by atoms with Crippen molar-refractivity contribution in [3.05, 3.63) is 36.5 Å². The third kappa shape index (κ3) is 4.25. The van der Waals surface area contributed by atoms with E-state index in [1.165, 1.54) is 18.2 Å². The van der Waals surface area contributed by atoms with Crippen LogP contribution in [0.2, 0.25) is 0 Å². The van der Waals surface area contributed by atoms with Gasteiger partial charge in [0, 0.05) is 11.4 Å². The van der Waals surface area contributed by atoms with Gasteiger partial charge in [0.25, 0.3) is 10.1 Å². The second-order valence-electron chi connectivity index (χ2n) is 3.36. The lowest BCUT2D eigenvalue weighted by Gasteiger charge is -2.07. The van der Waals surface area contributed by atoms with Crippen molar-refractivity contribution in [3.8, 4) is 0 Å². The molecule has 0 spiro atoms. The van der Waals surface area contributed by atoms with Gasteiger partial charge in [-0.2, -0.15) is 8.42 Å². The molecule has 7 heteroatoms. The van der Waals surface area contributed by atoms with Gasteiger partial charge >= 0.3 is 6.03 Å². The molecule has 0 heterocycles. The SMILES string of the molecule is C=C(C)NC(=O)Nc1cccc(S(=O)(=O)O)c1. The summed E-state index contributed by atoms with van der Waals surface area (Å²) < 4.78 is 30.5. The number of anilines is 1. The van der Waals surface area contributed by atoms with Crippen molar-refractivity contribution in [1.29, 1.82) is 0 Å². The van der Waals surface area contributed by atoms with Gasteiger partial charge in [-0.05, 0) is 25.1 Å². The molecule has 0 saturated carbocycles. The first-order chi connectivity index (χ1) is 7.79. The highest BCUT2D eigenvalue weighted by molar-refractivity contribution is 7.85. The summed E-state index contributed by atoms with van der Waals surface area (Å²) >= 11 is 0. The minimum atomic E-state index is -4.27. The lowest BCUT2D eigenvalue weighted by molar-refractivity contribution is 0.254. The molecule has 6 nitrogen and oxygen atoms in total. The normalized spacial score (nSPS) is 10.7. The van der Waals surface area contributed by atoms with Crippen molar-refractivity contribution in [2.24, 2.45) is 0 Å². The van der Waals surface area contributed by atoms with E-state index >= 15 is 0 Å². The quantitative estimate of drug-likeness (QED) is 0.715. The minimum absolute atomic E-state index is 0.249. The molecule has 92 valence electrons. The molecule has 0 aliphatic carbocycles. The van der Waals surface area contributed by atoms with Crippen LogP contribution in [-0.2, 0) is 10.1 Å². The van der Waals surface area contributed by atoms with Gasteiger partial charge in [-0.1, -0.05) is 12.6 Å². The molecular formula is C10H12N2O4S. The van der Waals surface area contributed by atoms with E-state index in [9.17, 15) is 13.2 Å². The lowest BCUT2D eigenvalue weighted by Crippen LogP contribution is -2.26. The molecule has 0 unspecified atom stereocenters. The molecule has 0 aliphatic rings. The largest absolute Gasteiger partial charge is 0.323 e. The zero-order valence-corrected chi connectivity index (χ0v) is 9.91. The summed E-state index contributed by atoms with van der Waals surface area (Å²) in [5.41, 5.74) is 0.701. The van der Waals surface area contributed by atoms with Crippen molar-refractivity contribution < 1.29 is 17.8 Å². The van der Waals surface area contributed by atoms with E-state index in [1.54, 1.807) is 6.92 Å². The molecule has 0 aliphatic heterocycles. The van der Waals surface area contributed by atoms with Gasteiger partial charge in [0.2, 0.25) is 0 Å². The first-order valence-corrected chi connectivity index (χ1v) is 6.04. The number of rotatable bonds is 3. The third-order valence-corrected chi connectivity index (χ3v) is 2.57. The Morgan fingerprint density at radius 1 is 1.41 bits per heavy atom. The highest BCUT2D eigenvalue weighted by Gasteiger charge is 2.10. The number of carbonyl (C=O) groups excluding carboxylic acids is 1. The molecule has 1 aromatic carbocycles. The van der Waals surface area contributed by atoms with E-state index in [0.29, 0.717) is 5.70 Å². The highest BCUT2D eigenvalue weighted by atomic mass is 32.2. The molecule has 2 amide bonds. The number of hydrogen-bond acceptors (Lipinski definition) is 3. The average Bonchev–Trinajstić information content (AvgIpc) is 2.15. The molecule has 0 atom stereocenters. The molecule has 0 fully saturated rings. The Bertz CT molecular complexity index is 551. The van der Waals surface area contributed by atoms with Crippen LogP contribution in [0.4, 0.5) is 10.5 Å². The van der Waals surface area contributed by atoms with E-state index in [2.05, 4.69) is 17.2 Å². The van der Waals surface area contributed by atoms with E-state index in [4.69, 9.17) is 4.55 Å². The Morgan fingerprint density at radius 3 is 2.59 bits per heavy atom. The molecule has 0 aromatic heterocycles. The lowest BCUT2D eigenvalue weighted by atomic mass is 10.3. The summed E-state index contributed by atoms with van der Waals surface area (Å²) in [4.78, 5) is 11.0. The Hall–Kier alpha value is -1.86. The van der Waals surface area contributed by atoms with Crippen molar-refractivity contribution in [1.82, 2.24) is 5.32 Å². The summed E-state index contributed by atoms with van der Waals surface area (Å²) in [5.74, 6) is 0. The topological polar surface area (TPSA) is 95.5 Å². The van der Waals surface area contributed by atoms with Crippen LogP contribution in [0.5, 0.6) is 0 Å². The number of amides is 2. The van der Waals surface area contributed by atoms with Gasteiger partial charge in [-0.3, -0.25) is 4.55 Å². The zero-order chi connectivity index (χ0) is 13.1. The van der Waals surface area contributed by atoms with Crippen molar-refractivity contribution in [2.75, 3.05) is 5.32 Å². The Labute approximate surface area is 99.1 Å². The summed E-state index contributed by atoms with van der Waals surface area (Å²) in [6.07, 6.45) is 0. The molecule has 17 heavy (non-hydrogen) atoms. The van der Waals surface area contributed by atoms with Gasteiger partial charge in [-0.25, -0.2) is 4.79 Å². The Balaban J connectivity index is 2.87. The fourth-order valence-corrected chi connectivity index (χ4v) is 1.62. The van der Waals surface area contributed by atoms with E-state index in [1.807, 2.05) is 0 Å². The van der Waals surface area contributed by atoms with Gasteiger partial charge in [0.05, 0.1) is 4.90 Å². The fraction of sp³-hybridized carbons (Fsp3) is 0.100. The molecule has 1 rings (SSSR count). The van der Waals surface area contributed by atoms with Crippen LogP contribution in [0.3, 0.4) is 0 Å². The first kappa shape index (κ1) is 13.2. The van der Waals surface area contributed by atoms with Crippen LogP contribution in [0.25, 0.3) is 0 Å². The van der Waals surface area contributed by atoms with E-state index in [0.717, 1.165) is 6.07 Å². The second-order valence-corrected chi connectivity index (χ2v) is 4.78. The molecule has 0 radical (unpaired) electrons. The van der Waals surface area contributed by atoms with E-state index in [-0.39, 0.29) is 10.6 Å². The number of benzene rings is 1. The van der Waals surface area contributed by atoms with Crippen LogP contribution in [0, 0.1) is 0 Å². The molecule has 0 saturated heterocycles. The molecule has 0 bridgehead atoms. The standard InChI is InChI=1S/C10H12N2O4S/c1-7(2)11-10(13)12-8-4-3-5-9(6-8)17(14,15)16/h3-6H,1H2,2H3,(H2,11,12,13)(H,14,15,16). The molecule has 3 N–H and O–H groups in total. The number of urea groups is 1. The second kappa shape index (κ2) is 4.98. The number of carbonyl (C=O) groups is 1. The summed E-state index contributed by atoms with van der Waals surface area (Å²) in [7, 11) is -4.27. The highest BCUT2D eigenvalue weighted by Crippen LogP contribution is 2.14. The van der Waals surface area contributed by atoms with Gasteiger partial charge in [0.15, 0.2) is 0 Å². The van der Waals surface area contributed by atoms with Crippen LogP contribution >= 0.6 is 0 Å². The van der Waals surface area contributed by atoms with Crippen LogP contribution in [0.1, 0.15) is 6.92 Å². The fourth-order valence-electron chi connectivity index (χ4n) is 1.09. The van der Waals surface area contributed by atoms with Crippen LogP contribution < -0.4 is 10.6 Å². The van der Waals surface area contributed by atoms with Crippen molar-refractivity contribution >= 4 is 21.8 Å². The van der Waals surface area contributed by atoms with Gasteiger partial charge in [-0.15, -0.1) is 0 Å². The van der Waals surface area contributed by atoms with Crippen LogP contribution in [0.15, 0.2) is 41.4 Å². The smallest absolute Gasteiger partial charge is 0.312 e. The number of allylic oxidation sites excluding steroid dienone is 1. The number of hydrogen-bond donors (Lipinski definition) is 3. The van der Waals surface area contributed by atoms with Crippen molar-refractivity contribution in [2.45, 2.75) is 11.8 Å². The van der Waals surface area contributed by atoms with Gasteiger partial charge in [0.1, 0.15) is 0 Å². The minimum Gasteiger partial charge on any atom is -0.312 e. The van der Waals surface area contributed by atoms with Crippen molar-refractivity contribution in [3.63, 3.8) is 0 Å². The maximum absolute atomic E-state index is 11.3. The maximum atomic E-state index is 11.3. The first-order valence-electron chi connectivity index (χ1n) is 4.60. The van der Waals surface area contributed by atoms with Crippen LogP contribution in [-0.4, -0.2) is 19.0 Å². The zero-order valence-electron chi connectivity index (χ0n) is 9.10. The molecule has 1 aromatic rings. The summed E-state index contributed by atoms with van der Waals surface area (Å²) in [6.45, 7) is 5.09. The van der Waals surface area contributed by atoms with E-state index < -0.39 is 16.1 Å². The summed E-state index contributed by atoms with van der Waals surface area (Å²) in [6, 6.07) is 4.72. The maximum Gasteiger partial charge on any atom is 0.323 e. The Kier molecular flexibility index (Phi) is 3.87. The molecular weight excluding hydrogens is 244 g/mol.